The maximum atomic E-state index is 12.7. The summed E-state index contributed by atoms with van der Waals surface area (Å²) >= 11 is 6.07. The van der Waals surface area contributed by atoms with Crippen molar-refractivity contribution in [3.05, 3.63) is 64.7 Å². The second-order valence-electron chi connectivity index (χ2n) is 6.70. The number of ether oxygens (including phenoxy) is 2. The first kappa shape index (κ1) is 20.2. The summed E-state index contributed by atoms with van der Waals surface area (Å²) in [5.41, 5.74) is 1.46. The van der Waals surface area contributed by atoms with Gasteiger partial charge in [-0.25, -0.2) is 0 Å². The quantitative estimate of drug-likeness (QED) is 0.752. The Kier molecular flexibility index (Phi) is 6.54. The molecule has 6 nitrogen and oxygen atoms in total. The van der Waals surface area contributed by atoms with E-state index in [1.165, 1.54) is 14.2 Å². The van der Waals surface area contributed by atoms with Crippen LogP contribution in [0.1, 0.15) is 22.3 Å². The van der Waals surface area contributed by atoms with Crippen LogP contribution in [0.2, 0.25) is 5.02 Å². The zero-order valence-corrected chi connectivity index (χ0v) is 16.6. The molecule has 2 aromatic carbocycles. The van der Waals surface area contributed by atoms with Crippen molar-refractivity contribution in [2.45, 2.75) is 25.0 Å². The third-order valence-corrected chi connectivity index (χ3v) is 5.07. The molecule has 0 radical (unpaired) electrons. The molecule has 1 aliphatic rings. The zero-order chi connectivity index (χ0) is 20.1. The van der Waals surface area contributed by atoms with Gasteiger partial charge in [-0.05, 0) is 36.2 Å². The average molecular weight is 403 g/mol. The van der Waals surface area contributed by atoms with Gasteiger partial charge in [-0.15, -0.1) is 0 Å². The van der Waals surface area contributed by atoms with Crippen LogP contribution in [0.25, 0.3) is 0 Å². The molecule has 1 saturated heterocycles. The molecule has 2 aromatic rings. The number of nitrogens with zero attached hydrogens (tertiary/aromatic N) is 1. The number of esters is 1. The van der Waals surface area contributed by atoms with Crippen LogP contribution in [-0.4, -0.2) is 49.6 Å². The lowest BCUT2D eigenvalue weighted by Crippen LogP contribution is -2.37. The monoisotopic (exact) mass is 402 g/mol. The summed E-state index contributed by atoms with van der Waals surface area (Å²) in [6.07, 6.45) is 0.480. The number of amides is 1. The molecule has 0 aliphatic carbocycles. The minimum Gasteiger partial charge on any atom is -0.496 e. The Morgan fingerprint density at radius 3 is 2.68 bits per heavy atom. The van der Waals surface area contributed by atoms with Crippen molar-refractivity contribution in [3.8, 4) is 5.75 Å². The fraction of sp³-hybridized carbons (Fsp3) is 0.333. The van der Waals surface area contributed by atoms with Crippen molar-refractivity contribution in [1.82, 2.24) is 10.2 Å². The molecule has 1 amide bonds. The maximum absolute atomic E-state index is 12.7. The molecule has 1 fully saturated rings. The summed E-state index contributed by atoms with van der Waals surface area (Å²) in [5, 5.41) is 3.66. The lowest BCUT2D eigenvalue weighted by Gasteiger charge is -2.22. The van der Waals surface area contributed by atoms with Crippen molar-refractivity contribution < 1.29 is 19.1 Å². The Morgan fingerprint density at radius 2 is 1.96 bits per heavy atom. The number of para-hydroxylation sites is 1. The van der Waals surface area contributed by atoms with E-state index in [4.69, 9.17) is 21.1 Å². The van der Waals surface area contributed by atoms with Crippen LogP contribution >= 0.6 is 11.6 Å². The van der Waals surface area contributed by atoms with Crippen molar-refractivity contribution in [2.24, 2.45) is 0 Å². The smallest absolute Gasteiger partial charge is 0.323 e. The van der Waals surface area contributed by atoms with Crippen molar-refractivity contribution in [3.63, 3.8) is 0 Å². The molecule has 0 bridgehead atoms. The molecule has 148 valence electrons. The minimum absolute atomic E-state index is 0.180. The number of rotatable bonds is 6. The number of benzene rings is 2. The molecule has 1 aliphatic heterocycles. The van der Waals surface area contributed by atoms with E-state index in [-0.39, 0.29) is 17.9 Å². The van der Waals surface area contributed by atoms with E-state index in [1.807, 2.05) is 35.2 Å². The van der Waals surface area contributed by atoms with Crippen LogP contribution in [0.5, 0.6) is 5.75 Å². The predicted octanol–water partition coefficient (Wildman–Crippen LogP) is 2.89. The second-order valence-corrected chi connectivity index (χ2v) is 7.14. The third kappa shape index (κ3) is 4.64. The molecule has 0 aromatic heterocycles. The van der Waals surface area contributed by atoms with E-state index in [0.717, 1.165) is 5.56 Å². The number of methoxy groups -OCH3 is 2. The summed E-state index contributed by atoms with van der Waals surface area (Å²) in [6.45, 7) is 1.08. The van der Waals surface area contributed by atoms with Gasteiger partial charge < -0.3 is 14.8 Å². The molecule has 0 spiro atoms. The van der Waals surface area contributed by atoms with Gasteiger partial charge in [0.05, 0.1) is 19.8 Å². The van der Waals surface area contributed by atoms with E-state index < -0.39 is 6.04 Å². The highest BCUT2D eigenvalue weighted by molar-refractivity contribution is 6.30. The van der Waals surface area contributed by atoms with Crippen LogP contribution in [0.4, 0.5) is 0 Å². The summed E-state index contributed by atoms with van der Waals surface area (Å²) < 4.78 is 10.2. The molecule has 7 heteroatoms. The number of carbonyl (C=O) groups excluding carboxylic acids is 2. The lowest BCUT2D eigenvalue weighted by molar-refractivity contribution is -0.146. The molecule has 3 rings (SSSR count). The Balaban J connectivity index is 1.72. The fourth-order valence-electron chi connectivity index (χ4n) is 3.53. The number of halogens is 1. The number of likely N-dealkylation sites (tertiary alicyclic amines) is 1. The van der Waals surface area contributed by atoms with Crippen LogP contribution in [0, 0.1) is 0 Å². The highest BCUT2D eigenvalue weighted by atomic mass is 35.5. The van der Waals surface area contributed by atoms with Gasteiger partial charge in [0, 0.05) is 24.2 Å². The number of nitrogens with one attached hydrogen (secondary N) is 1. The van der Waals surface area contributed by atoms with E-state index in [2.05, 4.69) is 5.32 Å². The first-order chi connectivity index (χ1) is 13.5. The summed E-state index contributed by atoms with van der Waals surface area (Å²) in [5.74, 6) is -0.0231. The lowest BCUT2D eigenvalue weighted by atomic mass is 10.1. The van der Waals surface area contributed by atoms with Crippen molar-refractivity contribution >= 4 is 23.5 Å². The molecule has 0 saturated carbocycles. The van der Waals surface area contributed by atoms with E-state index >= 15 is 0 Å². The van der Waals surface area contributed by atoms with Gasteiger partial charge in [0.15, 0.2) is 0 Å². The maximum Gasteiger partial charge on any atom is 0.323 e. The Labute approximate surface area is 169 Å². The first-order valence-electron chi connectivity index (χ1n) is 9.02. The summed E-state index contributed by atoms with van der Waals surface area (Å²) in [6, 6.07) is 14.0. The molecule has 1 N–H and O–H groups in total. The Morgan fingerprint density at radius 1 is 1.18 bits per heavy atom. The molecule has 28 heavy (non-hydrogen) atoms. The molecular weight excluding hydrogens is 380 g/mol. The highest BCUT2D eigenvalue weighted by Crippen LogP contribution is 2.24. The molecule has 2 atom stereocenters. The van der Waals surface area contributed by atoms with Crippen LogP contribution in [0.3, 0.4) is 0 Å². The van der Waals surface area contributed by atoms with Gasteiger partial charge in [0.1, 0.15) is 11.8 Å². The SMILES string of the molecule is COC(=O)[C@@H]1C[C@@H](NC(=O)c2ccccc2OC)CN1Cc1cccc(Cl)c1. The van der Waals surface area contributed by atoms with Gasteiger partial charge in [0.2, 0.25) is 0 Å². The van der Waals surface area contributed by atoms with Crippen LogP contribution < -0.4 is 10.1 Å². The van der Waals surface area contributed by atoms with Crippen LogP contribution in [-0.2, 0) is 16.1 Å². The highest BCUT2D eigenvalue weighted by Gasteiger charge is 2.38. The zero-order valence-electron chi connectivity index (χ0n) is 15.9. The molecule has 1 heterocycles. The molecular formula is C21H23ClN2O4. The van der Waals surface area contributed by atoms with Crippen LogP contribution in [0.15, 0.2) is 48.5 Å². The normalized spacial score (nSPS) is 19.2. The van der Waals surface area contributed by atoms with E-state index in [0.29, 0.717) is 35.8 Å². The predicted molar refractivity (Wildman–Crippen MR) is 107 cm³/mol. The summed E-state index contributed by atoms with van der Waals surface area (Å²) in [4.78, 5) is 27.0. The topological polar surface area (TPSA) is 67.9 Å². The van der Waals surface area contributed by atoms with Gasteiger partial charge in [0.25, 0.3) is 5.91 Å². The largest absolute Gasteiger partial charge is 0.496 e. The number of hydrogen-bond donors (Lipinski definition) is 1. The van der Waals surface area contributed by atoms with Gasteiger partial charge in [-0.2, -0.15) is 0 Å². The van der Waals surface area contributed by atoms with Crippen molar-refractivity contribution in [1.29, 1.82) is 0 Å². The van der Waals surface area contributed by atoms with Gasteiger partial charge in [-0.1, -0.05) is 35.9 Å². The average Bonchev–Trinajstić information content (AvgIpc) is 3.09. The molecule has 0 unspecified atom stereocenters. The fourth-order valence-corrected chi connectivity index (χ4v) is 3.74. The summed E-state index contributed by atoms with van der Waals surface area (Å²) in [7, 11) is 2.91. The van der Waals surface area contributed by atoms with Gasteiger partial charge in [-0.3, -0.25) is 14.5 Å². The Hall–Kier alpha value is -2.57. The van der Waals surface area contributed by atoms with E-state index in [9.17, 15) is 9.59 Å². The van der Waals surface area contributed by atoms with Gasteiger partial charge >= 0.3 is 5.97 Å². The minimum atomic E-state index is -0.424. The standard InChI is InChI=1S/C21H23ClN2O4/c1-27-19-9-4-3-8-17(19)20(25)23-16-11-18(21(26)28-2)24(13-16)12-14-6-5-7-15(22)10-14/h3-10,16,18H,11-13H2,1-2H3,(H,23,25)/t16-,18+/m1/s1. The second kappa shape index (κ2) is 9.08. The van der Waals surface area contributed by atoms with Crippen molar-refractivity contribution in [2.75, 3.05) is 20.8 Å². The number of carbonyl (C=O) groups is 2. The first-order valence-corrected chi connectivity index (χ1v) is 9.39. The third-order valence-electron chi connectivity index (χ3n) is 4.84. The Bertz CT molecular complexity index is 858. The number of hydrogen-bond acceptors (Lipinski definition) is 5. The van der Waals surface area contributed by atoms with E-state index in [1.54, 1.807) is 18.2 Å².